The van der Waals surface area contributed by atoms with Gasteiger partial charge >= 0.3 is 0 Å². The summed E-state index contributed by atoms with van der Waals surface area (Å²) in [6.07, 6.45) is 3.57. The van der Waals surface area contributed by atoms with Crippen LogP contribution < -0.4 is 5.32 Å². The summed E-state index contributed by atoms with van der Waals surface area (Å²) in [5, 5.41) is 11.3. The predicted octanol–water partition coefficient (Wildman–Crippen LogP) is 1.27. The highest BCUT2D eigenvalue weighted by Gasteiger charge is 2.17. The van der Waals surface area contributed by atoms with E-state index in [0.29, 0.717) is 6.54 Å². The lowest BCUT2D eigenvalue weighted by Crippen LogP contribution is -2.32. The molecule has 0 amide bonds. The Morgan fingerprint density at radius 1 is 1.41 bits per heavy atom. The Hall–Kier alpha value is -1.69. The van der Waals surface area contributed by atoms with E-state index in [-0.39, 0.29) is 5.60 Å². The molecule has 92 valence electrons. The lowest BCUT2D eigenvalue weighted by atomic mass is 10.1. The summed E-state index contributed by atoms with van der Waals surface area (Å²) in [4.78, 5) is 4.27. The normalized spacial score (nSPS) is 12.0. The molecule has 2 aromatic rings. The van der Waals surface area contributed by atoms with E-state index in [1.54, 1.807) is 13.3 Å². The zero-order chi connectivity index (χ0) is 12.5. The number of hydrogen-bond donors (Lipinski definition) is 1. The van der Waals surface area contributed by atoms with Crippen molar-refractivity contribution in [2.45, 2.75) is 26.4 Å². The van der Waals surface area contributed by atoms with Crippen LogP contribution in [-0.4, -0.2) is 38.8 Å². The summed E-state index contributed by atoms with van der Waals surface area (Å²) >= 11 is 0. The van der Waals surface area contributed by atoms with Crippen molar-refractivity contribution < 1.29 is 4.74 Å². The molecule has 1 N–H and O–H groups in total. The first-order valence-corrected chi connectivity index (χ1v) is 5.49. The molecule has 0 atom stereocenters. The van der Waals surface area contributed by atoms with Gasteiger partial charge in [0.25, 0.3) is 0 Å². The number of methoxy groups -OCH3 is 1. The monoisotopic (exact) mass is 235 g/mol. The molecule has 0 spiro atoms. The van der Waals surface area contributed by atoms with Gasteiger partial charge in [0.2, 0.25) is 5.65 Å². The highest BCUT2D eigenvalue weighted by atomic mass is 16.5. The van der Waals surface area contributed by atoms with Crippen molar-refractivity contribution in [3.8, 4) is 0 Å². The minimum Gasteiger partial charge on any atom is -0.377 e. The van der Waals surface area contributed by atoms with Crippen LogP contribution in [0.5, 0.6) is 0 Å². The molecule has 6 nitrogen and oxygen atoms in total. The van der Waals surface area contributed by atoms with Crippen molar-refractivity contribution in [3.05, 3.63) is 18.2 Å². The predicted molar refractivity (Wildman–Crippen MR) is 65.1 cm³/mol. The molecule has 0 aromatic carbocycles. The molecule has 0 bridgehead atoms. The molecular weight excluding hydrogens is 218 g/mol. The van der Waals surface area contributed by atoms with Gasteiger partial charge in [-0.2, -0.15) is 0 Å². The number of fused-ring (bicyclic) bond motifs is 1. The summed E-state index contributed by atoms with van der Waals surface area (Å²) in [6.45, 7) is 6.58. The van der Waals surface area contributed by atoms with Crippen LogP contribution in [0, 0.1) is 6.92 Å². The topological polar surface area (TPSA) is 64.3 Å². The summed E-state index contributed by atoms with van der Waals surface area (Å²) in [5.74, 6) is 1.56. The minimum absolute atomic E-state index is 0.246. The molecule has 6 heteroatoms. The SMILES string of the molecule is COC(C)(C)CNc1nccn2c(C)nnc12. The second kappa shape index (κ2) is 4.29. The number of nitrogens with one attached hydrogen (secondary N) is 1. The molecule has 0 saturated carbocycles. The molecule has 0 unspecified atom stereocenters. The van der Waals surface area contributed by atoms with Crippen molar-refractivity contribution in [2.75, 3.05) is 19.0 Å². The van der Waals surface area contributed by atoms with Crippen LogP contribution in [0.25, 0.3) is 5.65 Å². The smallest absolute Gasteiger partial charge is 0.203 e. The van der Waals surface area contributed by atoms with Crippen molar-refractivity contribution in [3.63, 3.8) is 0 Å². The molecule has 0 fully saturated rings. The number of aromatic nitrogens is 4. The lowest BCUT2D eigenvalue weighted by Gasteiger charge is -2.23. The van der Waals surface area contributed by atoms with E-state index in [4.69, 9.17) is 4.74 Å². The van der Waals surface area contributed by atoms with Gasteiger partial charge in [0, 0.05) is 26.0 Å². The number of ether oxygens (including phenoxy) is 1. The van der Waals surface area contributed by atoms with Crippen LogP contribution in [0.1, 0.15) is 19.7 Å². The Balaban J connectivity index is 2.25. The van der Waals surface area contributed by atoms with E-state index in [1.807, 2.05) is 31.4 Å². The standard InChI is InChI=1S/C11H17N5O/c1-8-14-15-10-9(12-5-6-16(8)10)13-7-11(2,3)17-4/h5-6H,7H2,1-4H3,(H,12,13). The average molecular weight is 235 g/mol. The first kappa shape index (κ1) is 11.8. The molecule has 0 aliphatic carbocycles. The maximum absolute atomic E-state index is 5.34. The Labute approximate surface area is 100 Å². The van der Waals surface area contributed by atoms with Crippen molar-refractivity contribution in [1.82, 2.24) is 19.6 Å². The maximum Gasteiger partial charge on any atom is 0.203 e. The van der Waals surface area contributed by atoms with Crippen LogP contribution in [-0.2, 0) is 4.74 Å². The Kier molecular flexibility index (Phi) is 2.97. The number of anilines is 1. The summed E-state index contributed by atoms with van der Waals surface area (Å²) in [7, 11) is 1.69. The third-order valence-electron chi connectivity index (χ3n) is 2.73. The third-order valence-corrected chi connectivity index (χ3v) is 2.73. The van der Waals surface area contributed by atoms with Gasteiger partial charge in [0.15, 0.2) is 5.82 Å². The van der Waals surface area contributed by atoms with Gasteiger partial charge in [-0.25, -0.2) is 4.98 Å². The maximum atomic E-state index is 5.34. The number of rotatable bonds is 4. The fourth-order valence-corrected chi connectivity index (χ4v) is 1.43. The fraction of sp³-hybridized carbons (Fsp3) is 0.545. The summed E-state index contributed by atoms with van der Waals surface area (Å²) in [6, 6.07) is 0. The van der Waals surface area contributed by atoms with Gasteiger partial charge in [-0.15, -0.1) is 10.2 Å². The molecule has 0 radical (unpaired) electrons. The summed E-state index contributed by atoms with van der Waals surface area (Å²) in [5.41, 5.74) is 0.487. The van der Waals surface area contributed by atoms with Crippen molar-refractivity contribution in [2.24, 2.45) is 0 Å². The largest absolute Gasteiger partial charge is 0.377 e. The van der Waals surface area contributed by atoms with E-state index in [2.05, 4.69) is 20.5 Å². The Morgan fingerprint density at radius 3 is 2.88 bits per heavy atom. The van der Waals surface area contributed by atoms with E-state index in [0.717, 1.165) is 17.3 Å². The van der Waals surface area contributed by atoms with Crippen LogP contribution >= 0.6 is 0 Å². The highest BCUT2D eigenvalue weighted by Crippen LogP contribution is 2.14. The van der Waals surface area contributed by atoms with Gasteiger partial charge < -0.3 is 10.1 Å². The van der Waals surface area contributed by atoms with Gasteiger partial charge in [-0.05, 0) is 20.8 Å². The fourth-order valence-electron chi connectivity index (χ4n) is 1.43. The molecule has 17 heavy (non-hydrogen) atoms. The van der Waals surface area contributed by atoms with E-state index < -0.39 is 0 Å². The third kappa shape index (κ3) is 2.36. The second-order valence-electron chi connectivity index (χ2n) is 4.53. The highest BCUT2D eigenvalue weighted by molar-refractivity contribution is 5.62. The Morgan fingerprint density at radius 2 is 2.18 bits per heavy atom. The number of hydrogen-bond acceptors (Lipinski definition) is 5. The van der Waals surface area contributed by atoms with E-state index in [9.17, 15) is 0 Å². The first-order valence-electron chi connectivity index (χ1n) is 5.49. The molecule has 2 aromatic heterocycles. The van der Waals surface area contributed by atoms with Crippen LogP contribution in [0.4, 0.5) is 5.82 Å². The molecule has 0 aliphatic rings. The van der Waals surface area contributed by atoms with Gasteiger partial charge in [-0.3, -0.25) is 4.40 Å². The first-order chi connectivity index (χ1) is 8.03. The average Bonchev–Trinajstić information content (AvgIpc) is 2.70. The van der Waals surface area contributed by atoms with Crippen LogP contribution in [0.3, 0.4) is 0 Å². The van der Waals surface area contributed by atoms with Crippen LogP contribution in [0.2, 0.25) is 0 Å². The second-order valence-corrected chi connectivity index (χ2v) is 4.53. The van der Waals surface area contributed by atoms with E-state index >= 15 is 0 Å². The van der Waals surface area contributed by atoms with Gasteiger partial charge in [-0.1, -0.05) is 0 Å². The van der Waals surface area contributed by atoms with Crippen molar-refractivity contribution >= 4 is 11.5 Å². The quantitative estimate of drug-likeness (QED) is 0.864. The number of aryl methyl sites for hydroxylation is 1. The molecule has 0 aliphatic heterocycles. The lowest BCUT2D eigenvalue weighted by molar-refractivity contribution is 0.0343. The summed E-state index contributed by atoms with van der Waals surface area (Å²) < 4.78 is 7.24. The van der Waals surface area contributed by atoms with Crippen molar-refractivity contribution in [1.29, 1.82) is 0 Å². The molecule has 2 heterocycles. The Bertz CT molecular complexity index is 520. The molecule has 0 saturated heterocycles. The van der Waals surface area contributed by atoms with E-state index in [1.165, 1.54) is 0 Å². The van der Waals surface area contributed by atoms with Crippen LogP contribution in [0.15, 0.2) is 12.4 Å². The zero-order valence-corrected chi connectivity index (χ0v) is 10.6. The number of nitrogens with zero attached hydrogens (tertiary/aromatic N) is 4. The van der Waals surface area contributed by atoms with Gasteiger partial charge in [0.1, 0.15) is 5.82 Å². The molecular formula is C11H17N5O. The van der Waals surface area contributed by atoms with Gasteiger partial charge in [0.05, 0.1) is 5.60 Å². The zero-order valence-electron chi connectivity index (χ0n) is 10.6. The minimum atomic E-state index is -0.246. The molecule has 2 rings (SSSR count).